The zero-order valence-electron chi connectivity index (χ0n) is 15.9. The highest BCUT2D eigenvalue weighted by Crippen LogP contribution is 2.29. The fourth-order valence-corrected chi connectivity index (χ4v) is 3.83. The van der Waals surface area contributed by atoms with Gasteiger partial charge < -0.3 is 10.5 Å². The molecule has 0 aliphatic carbocycles. The number of anilines is 1. The van der Waals surface area contributed by atoms with Crippen LogP contribution in [0.5, 0.6) is 5.75 Å². The molecule has 0 amide bonds. The van der Waals surface area contributed by atoms with Gasteiger partial charge in [0.05, 0.1) is 6.54 Å². The molecule has 1 saturated heterocycles. The maximum Gasteiger partial charge on any atom is 0.166 e. The Balaban J connectivity index is 1.47. The minimum Gasteiger partial charge on any atom is -0.485 e. The number of ether oxygens (including phenoxy) is 1. The predicted molar refractivity (Wildman–Crippen MR) is 119 cm³/mol. The number of pyridine rings is 1. The molecule has 149 valence electrons. The number of nitrogens with zero attached hydrogens (tertiary/aromatic N) is 2. The molecule has 2 heterocycles. The minimum absolute atomic E-state index is 0.287. The lowest BCUT2D eigenvalue weighted by atomic mass is 10.1. The third kappa shape index (κ3) is 5.02. The van der Waals surface area contributed by atoms with E-state index in [9.17, 15) is 0 Å². The van der Waals surface area contributed by atoms with E-state index in [2.05, 4.69) is 40.7 Å². The van der Waals surface area contributed by atoms with Gasteiger partial charge >= 0.3 is 0 Å². The number of hydrogen-bond acceptors (Lipinski definition) is 4. The van der Waals surface area contributed by atoms with Crippen molar-refractivity contribution in [2.45, 2.75) is 19.4 Å². The van der Waals surface area contributed by atoms with Crippen molar-refractivity contribution in [3.63, 3.8) is 0 Å². The first-order valence-corrected chi connectivity index (χ1v) is 10.4. The predicted octanol–water partition coefficient (Wildman–Crippen LogP) is 5.82. The van der Waals surface area contributed by atoms with Crippen LogP contribution in [0.25, 0.3) is 11.1 Å². The number of nitrogens with two attached hydrogens (primary N) is 1. The Hall–Kier alpha value is -2.27. The number of likely N-dealkylation sites (tertiary alicyclic amines) is 1. The van der Waals surface area contributed by atoms with Crippen LogP contribution in [0, 0.1) is 6.54 Å². The summed E-state index contributed by atoms with van der Waals surface area (Å²) >= 11 is 12.2. The Kier molecular flexibility index (Phi) is 6.24. The summed E-state index contributed by atoms with van der Waals surface area (Å²) in [5.41, 5.74) is 10.1. The topological polar surface area (TPSA) is 51.4 Å². The molecule has 2 N–H and O–H groups in total. The molecule has 1 aliphatic heterocycles. The largest absolute Gasteiger partial charge is 0.485 e. The van der Waals surface area contributed by atoms with E-state index in [1.54, 1.807) is 18.3 Å². The van der Waals surface area contributed by atoms with E-state index in [0.717, 1.165) is 29.8 Å². The summed E-state index contributed by atoms with van der Waals surface area (Å²) in [7, 11) is 0. The van der Waals surface area contributed by atoms with Crippen LogP contribution in [0.2, 0.25) is 10.0 Å². The van der Waals surface area contributed by atoms with Gasteiger partial charge in [-0.05, 0) is 55.3 Å². The van der Waals surface area contributed by atoms with E-state index in [0.29, 0.717) is 21.6 Å². The Labute approximate surface area is 181 Å². The van der Waals surface area contributed by atoms with Gasteiger partial charge in [-0.25, -0.2) is 4.98 Å². The molecular weight excluding hydrogens is 405 g/mol. The van der Waals surface area contributed by atoms with Gasteiger partial charge in [-0.2, -0.15) is 0 Å². The van der Waals surface area contributed by atoms with E-state index in [1.165, 1.54) is 18.4 Å². The van der Waals surface area contributed by atoms with Gasteiger partial charge in [-0.1, -0.05) is 53.5 Å². The maximum absolute atomic E-state index is 6.22. The molecule has 2 aromatic carbocycles. The van der Waals surface area contributed by atoms with Crippen LogP contribution in [0.4, 0.5) is 5.82 Å². The fraction of sp³-hybridized carbons (Fsp3) is 0.217. The molecule has 0 bridgehead atoms. The third-order valence-corrected chi connectivity index (χ3v) is 5.58. The molecule has 0 atom stereocenters. The molecule has 1 aromatic heterocycles. The van der Waals surface area contributed by atoms with E-state index < -0.39 is 0 Å². The summed E-state index contributed by atoms with van der Waals surface area (Å²) in [5, 5.41) is 1.15. The molecule has 4 nitrogen and oxygen atoms in total. The van der Waals surface area contributed by atoms with E-state index >= 15 is 0 Å². The number of nitrogen functional groups attached to an aromatic ring is 1. The van der Waals surface area contributed by atoms with Gasteiger partial charge in [-0.3, -0.25) is 4.90 Å². The van der Waals surface area contributed by atoms with Crippen LogP contribution in [0.3, 0.4) is 0 Å². The second kappa shape index (κ2) is 9.04. The van der Waals surface area contributed by atoms with Crippen molar-refractivity contribution >= 4 is 29.0 Å². The first-order valence-electron chi connectivity index (χ1n) is 9.60. The van der Waals surface area contributed by atoms with Crippen molar-refractivity contribution in [1.29, 1.82) is 0 Å². The summed E-state index contributed by atoms with van der Waals surface area (Å²) < 4.78 is 5.89. The van der Waals surface area contributed by atoms with Crippen molar-refractivity contribution in [3.05, 3.63) is 82.4 Å². The average Bonchev–Trinajstić information content (AvgIpc) is 3.22. The van der Waals surface area contributed by atoms with Crippen LogP contribution < -0.4 is 10.5 Å². The lowest BCUT2D eigenvalue weighted by Crippen LogP contribution is -2.15. The van der Waals surface area contributed by atoms with Crippen molar-refractivity contribution in [2.24, 2.45) is 0 Å². The summed E-state index contributed by atoms with van der Waals surface area (Å²) in [6.07, 6.45) is 4.31. The molecule has 0 spiro atoms. The molecule has 3 aromatic rings. The Morgan fingerprint density at radius 2 is 1.76 bits per heavy atom. The van der Waals surface area contributed by atoms with Crippen molar-refractivity contribution in [3.8, 4) is 16.9 Å². The van der Waals surface area contributed by atoms with Crippen LogP contribution in [0.15, 0.2) is 54.7 Å². The summed E-state index contributed by atoms with van der Waals surface area (Å²) in [6.45, 7) is 4.79. The molecule has 0 saturated carbocycles. The standard InChI is InChI=1S/C23H22Cl2N3O/c24-20-8-7-18(21(25)12-20)15-29-22-11-19(13-27-23(22)26)17-5-3-16(4-6-17)14-28-9-1-2-10-28/h3-8,11-14H,1-2,9-10,15H2,(H2,26,27). The molecular formula is C23H22Cl2N3O. The van der Waals surface area contributed by atoms with E-state index in [1.807, 2.05) is 12.1 Å². The minimum atomic E-state index is 0.287. The average molecular weight is 427 g/mol. The highest BCUT2D eigenvalue weighted by molar-refractivity contribution is 6.35. The Morgan fingerprint density at radius 1 is 1.00 bits per heavy atom. The zero-order valence-corrected chi connectivity index (χ0v) is 17.5. The highest BCUT2D eigenvalue weighted by atomic mass is 35.5. The lowest BCUT2D eigenvalue weighted by Gasteiger charge is -2.14. The van der Waals surface area contributed by atoms with Gasteiger partial charge in [0.15, 0.2) is 11.6 Å². The zero-order chi connectivity index (χ0) is 20.2. The molecule has 1 radical (unpaired) electrons. The third-order valence-electron chi connectivity index (χ3n) is 5.00. The molecule has 1 fully saturated rings. The van der Waals surface area contributed by atoms with Crippen LogP contribution in [-0.4, -0.2) is 23.0 Å². The van der Waals surface area contributed by atoms with Crippen LogP contribution >= 0.6 is 23.2 Å². The van der Waals surface area contributed by atoms with Crippen LogP contribution in [-0.2, 0) is 6.61 Å². The molecule has 1 aliphatic rings. The summed E-state index contributed by atoms with van der Waals surface area (Å²) in [5.74, 6) is 0.874. The first-order chi connectivity index (χ1) is 14.1. The van der Waals surface area contributed by atoms with E-state index in [-0.39, 0.29) is 6.61 Å². The van der Waals surface area contributed by atoms with E-state index in [4.69, 9.17) is 33.7 Å². The summed E-state index contributed by atoms with van der Waals surface area (Å²) in [6, 6.07) is 15.7. The Bertz CT molecular complexity index is 986. The Morgan fingerprint density at radius 3 is 2.48 bits per heavy atom. The first kappa shape index (κ1) is 20.0. The van der Waals surface area contributed by atoms with Gasteiger partial charge in [0.2, 0.25) is 0 Å². The molecule has 29 heavy (non-hydrogen) atoms. The number of benzene rings is 2. The summed E-state index contributed by atoms with van der Waals surface area (Å²) in [4.78, 5) is 6.66. The van der Waals surface area contributed by atoms with Gasteiger partial charge in [0.1, 0.15) is 6.61 Å². The number of aromatic nitrogens is 1. The van der Waals surface area contributed by atoms with Crippen molar-refractivity contribution < 1.29 is 4.74 Å². The second-order valence-electron chi connectivity index (χ2n) is 7.13. The smallest absolute Gasteiger partial charge is 0.166 e. The lowest BCUT2D eigenvalue weighted by molar-refractivity contribution is 0.307. The number of hydrogen-bond donors (Lipinski definition) is 1. The van der Waals surface area contributed by atoms with Crippen LogP contribution in [0.1, 0.15) is 24.0 Å². The quantitative estimate of drug-likeness (QED) is 0.539. The number of rotatable bonds is 6. The SMILES string of the molecule is Nc1ncc(-c2ccc([CH]N3CCCC3)cc2)cc1OCc1ccc(Cl)cc1Cl. The van der Waals surface area contributed by atoms with Gasteiger partial charge in [-0.15, -0.1) is 0 Å². The van der Waals surface area contributed by atoms with Gasteiger partial charge in [0, 0.05) is 27.4 Å². The fourth-order valence-electron chi connectivity index (χ4n) is 3.37. The molecule has 6 heteroatoms. The highest BCUT2D eigenvalue weighted by Gasteiger charge is 2.13. The van der Waals surface area contributed by atoms with Gasteiger partial charge in [0.25, 0.3) is 0 Å². The molecule has 4 rings (SSSR count). The second-order valence-corrected chi connectivity index (χ2v) is 7.97. The molecule has 0 unspecified atom stereocenters. The number of halogens is 2. The maximum atomic E-state index is 6.22. The monoisotopic (exact) mass is 426 g/mol. The normalized spacial score (nSPS) is 14.3. The van der Waals surface area contributed by atoms with Crippen molar-refractivity contribution in [2.75, 3.05) is 18.8 Å². The van der Waals surface area contributed by atoms with Crippen molar-refractivity contribution in [1.82, 2.24) is 9.88 Å².